The van der Waals surface area contributed by atoms with E-state index in [4.69, 9.17) is 9.52 Å². The number of carbonyl (C=O) groups is 1. The third-order valence-corrected chi connectivity index (χ3v) is 3.43. The third kappa shape index (κ3) is 3.72. The molecule has 1 heterocycles. The maximum atomic E-state index is 12.0. The van der Waals surface area contributed by atoms with E-state index >= 15 is 0 Å². The fraction of sp³-hybridized carbons (Fsp3) is 0.467. The molecule has 6 nitrogen and oxygen atoms in total. The fourth-order valence-electron chi connectivity index (χ4n) is 2.09. The van der Waals surface area contributed by atoms with Gasteiger partial charge < -0.3 is 14.8 Å². The van der Waals surface area contributed by atoms with Gasteiger partial charge in [-0.25, -0.2) is 4.79 Å². The van der Waals surface area contributed by atoms with Crippen LogP contribution in [0.5, 0.6) is 0 Å². The van der Waals surface area contributed by atoms with Crippen molar-refractivity contribution in [2.24, 2.45) is 5.41 Å². The molecule has 0 saturated carbocycles. The molecule has 0 aliphatic rings. The normalized spacial score (nSPS) is 11.8. The number of carbonyl (C=O) groups excluding carboxylic acids is 1. The molecule has 0 bridgehead atoms. The molecule has 0 saturated heterocycles. The first-order valence-electron chi connectivity index (χ1n) is 6.89. The smallest absolute Gasteiger partial charge is 0.408 e. The molecule has 2 N–H and O–H groups in total. The zero-order chi connectivity index (χ0) is 15.5. The second kappa shape index (κ2) is 6.13. The van der Waals surface area contributed by atoms with Gasteiger partial charge in [-0.15, -0.1) is 0 Å². The van der Waals surface area contributed by atoms with Crippen LogP contribution in [0.1, 0.15) is 20.3 Å². The first-order valence-corrected chi connectivity index (χ1v) is 6.89. The number of oxazole rings is 1. The van der Waals surface area contributed by atoms with Crippen LogP contribution in [0.4, 0.5) is 0 Å². The molecule has 0 spiro atoms. The number of fused-ring (bicyclic) bond motifs is 1. The van der Waals surface area contributed by atoms with Crippen molar-refractivity contribution >= 4 is 17.0 Å². The Balaban J connectivity index is 2.05. The van der Waals surface area contributed by atoms with E-state index in [1.165, 1.54) is 4.57 Å². The summed E-state index contributed by atoms with van der Waals surface area (Å²) >= 11 is 0. The van der Waals surface area contributed by atoms with Crippen LogP contribution in [0.25, 0.3) is 11.1 Å². The van der Waals surface area contributed by atoms with Crippen LogP contribution in [0.15, 0.2) is 33.5 Å². The van der Waals surface area contributed by atoms with E-state index in [0.717, 1.165) is 0 Å². The molecular formula is C15H20N2O4. The lowest BCUT2D eigenvalue weighted by atomic mass is 9.90. The number of amides is 1. The standard InChI is InChI=1S/C15H20N2O4/c1-15(2,7-8-18)10-16-13(19)9-17-11-5-3-4-6-12(11)21-14(17)20/h3-6,18H,7-10H2,1-2H3,(H,16,19). The van der Waals surface area contributed by atoms with E-state index in [1.807, 2.05) is 13.8 Å². The summed E-state index contributed by atoms with van der Waals surface area (Å²) in [6.07, 6.45) is 0.599. The van der Waals surface area contributed by atoms with Gasteiger partial charge in [-0.05, 0) is 24.0 Å². The van der Waals surface area contributed by atoms with E-state index < -0.39 is 5.76 Å². The molecule has 1 aromatic heterocycles. The monoisotopic (exact) mass is 292 g/mol. The summed E-state index contributed by atoms with van der Waals surface area (Å²) in [6, 6.07) is 6.99. The minimum Gasteiger partial charge on any atom is -0.408 e. The van der Waals surface area contributed by atoms with Crippen LogP contribution >= 0.6 is 0 Å². The molecule has 0 atom stereocenters. The number of nitrogens with zero attached hydrogens (tertiary/aromatic N) is 1. The summed E-state index contributed by atoms with van der Waals surface area (Å²) in [7, 11) is 0. The number of hydrogen-bond acceptors (Lipinski definition) is 4. The lowest BCUT2D eigenvalue weighted by Gasteiger charge is -2.23. The highest BCUT2D eigenvalue weighted by atomic mass is 16.4. The largest absolute Gasteiger partial charge is 0.420 e. The van der Waals surface area contributed by atoms with Gasteiger partial charge in [0.05, 0.1) is 5.52 Å². The van der Waals surface area contributed by atoms with E-state index in [-0.39, 0.29) is 24.5 Å². The molecule has 0 aliphatic carbocycles. The van der Waals surface area contributed by atoms with Gasteiger partial charge in [0.25, 0.3) is 0 Å². The molecule has 114 valence electrons. The van der Waals surface area contributed by atoms with Crippen molar-refractivity contribution < 1.29 is 14.3 Å². The number of nitrogens with one attached hydrogen (secondary N) is 1. The second-order valence-corrected chi connectivity index (χ2v) is 5.84. The molecule has 0 radical (unpaired) electrons. The Morgan fingerprint density at radius 2 is 2.10 bits per heavy atom. The molecule has 0 fully saturated rings. The van der Waals surface area contributed by atoms with E-state index in [2.05, 4.69) is 5.32 Å². The van der Waals surface area contributed by atoms with Crippen LogP contribution in [-0.4, -0.2) is 28.7 Å². The highest BCUT2D eigenvalue weighted by Crippen LogP contribution is 2.18. The van der Waals surface area contributed by atoms with Gasteiger partial charge in [0.15, 0.2) is 5.58 Å². The average molecular weight is 292 g/mol. The van der Waals surface area contributed by atoms with Crippen LogP contribution in [0, 0.1) is 5.41 Å². The topological polar surface area (TPSA) is 84.5 Å². The summed E-state index contributed by atoms with van der Waals surface area (Å²) in [5.41, 5.74) is 0.886. The number of para-hydroxylation sites is 2. The molecule has 1 amide bonds. The number of aliphatic hydroxyl groups excluding tert-OH is 1. The Labute approximate surface area is 122 Å². The van der Waals surface area contributed by atoms with Gasteiger partial charge in [-0.1, -0.05) is 26.0 Å². The van der Waals surface area contributed by atoms with Crippen LogP contribution in [0.3, 0.4) is 0 Å². The van der Waals surface area contributed by atoms with Crippen molar-refractivity contribution in [2.75, 3.05) is 13.2 Å². The summed E-state index contributed by atoms with van der Waals surface area (Å²) < 4.78 is 6.39. The van der Waals surface area contributed by atoms with Crippen LogP contribution in [0.2, 0.25) is 0 Å². The van der Waals surface area contributed by atoms with Crippen molar-refractivity contribution in [3.8, 4) is 0 Å². The van der Waals surface area contributed by atoms with Gasteiger partial charge in [-0.2, -0.15) is 0 Å². The fourth-order valence-corrected chi connectivity index (χ4v) is 2.09. The van der Waals surface area contributed by atoms with Gasteiger partial charge in [0, 0.05) is 13.2 Å². The molecule has 2 aromatic rings. The number of rotatable bonds is 6. The molecule has 2 rings (SSSR count). The predicted molar refractivity (Wildman–Crippen MR) is 79.0 cm³/mol. The first kappa shape index (κ1) is 15.3. The zero-order valence-corrected chi connectivity index (χ0v) is 12.3. The van der Waals surface area contributed by atoms with Crippen molar-refractivity contribution in [3.05, 3.63) is 34.8 Å². The lowest BCUT2D eigenvalue weighted by molar-refractivity contribution is -0.122. The van der Waals surface area contributed by atoms with E-state index in [9.17, 15) is 9.59 Å². The van der Waals surface area contributed by atoms with Crippen molar-refractivity contribution in [1.29, 1.82) is 0 Å². The van der Waals surface area contributed by atoms with Gasteiger partial charge >= 0.3 is 5.76 Å². The minimum atomic E-state index is -0.541. The summed E-state index contributed by atoms with van der Waals surface area (Å²) in [5, 5.41) is 11.7. The molecule has 0 aliphatic heterocycles. The lowest BCUT2D eigenvalue weighted by Crippen LogP contribution is -2.37. The average Bonchev–Trinajstić information content (AvgIpc) is 2.73. The Kier molecular flexibility index (Phi) is 4.47. The van der Waals surface area contributed by atoms with Crippen molar-refractivity contribution in [1.82, 2.24) is 9.88 Å². The van der Waals surface area contributed by atoms with Crippen molar-refractivity contribution in [3.63, 3.8) is 0 Å². The Bertz CT molecular complexity index is 684. The van der Waals surface area contributed by atoms with Crippen LogP contribution < -0.4 is 11.1 Å². The summed E-state index contributed by atoms with van der Waals surface area (Å²) in [5.74, 6) is -0.796. The van der Waals surface area contributed by atoms with Gasteiger partial charge in [0.2, 0.25) is 5.91 Å². The SMILES string of the molecule is CC(C)(CCO)CNC(=O)Cn1c(=O)oc2ccccc21. The molecular weight excluding hydrogens is 272 g/mol. The molecule has 21 heavy (non-hydrogen) atoms. The number of aromatic nitrogens is 1. The maximum Gasteiger partial charge on any atom is 0.420 e. The predicted octanol–water partition coefficient (Wildman–Crippen LogP) is 1.12. The third-order valence-electron chi connectivity index (χ3n) is 3.43. The van der Waals surface area contributed by atoms with Crippen molar-refractivity contribution in [2.45, 2.75) is 26.8 Å². The minimum absolute atomic E-state index is 0.0781. The van der Waals surface area contributed by atoms with Crippen LogP contribution in [-0.2, 0) is 11.3 Å². The van der Waals surface area contributed by atoms with E-state index in [1.54, 1.807) is 24.3 Å². The molecule has 0 unspecified atom stereocenters. The number of benzene rings is 1. The highest BCUT2D eigenvalue weighted by molar-refractivity contribution is 5.79. The number of aliphatic hydroxyl groups is 1. The summed E-state index contributed by atoms with van der Waals surface area (Å²) in [4.78, 5) is 23.7. The van der Waals surface area contributed by atoms with Gasteiger partial charge in [-0.3, -0.25) is 9.36 Å². The Morgan fingerprint density at radius 3 is 2.81 bits per heavy atom. The van der Waals surface area contributed by atoms with E-state index in [0.29, 0.717) is 24.1 Å². The van der Waals surface area contributed by atoms with Gasteiger partial charge in [0.1, 0.15) is 6.54 Å². The second-order valence-electron chi connectivity index (χ2n) is 5.84. The maximum absolute atomic E-state index is 12.0. The zero-order valence-electron chi connectivity index (χ0n) is 12.3. The first-order chi connectivity index (χ1) is 9.93. The Morgan fingerprint density at radius 1 is 1.38 bits per heavy atom. The summed E-state index contributed by atoms with van der Waals surface area (Å²) in [6.45, 7) is 4.36. The Hall–Kier alpha value is -2.08. The number of hydrogen-bond donors (Lipinski definition) is 2. The molecule has 1 aromatic carbocycles. The molecule has 6 heteroatoms. The highest BCUT2D eigenvalue weighted by Gasteiger charge is 2.19. The quantitative estimate of drug-likeness (QED) is 0.835.